The maximum absolute atomic E-state index is 12.6. The molecule has 1 aromatic heterocycles. The van der Waals surface area contributed by atoms with Gasteiger partial charge in [-0.25, -0.2) is 0 Å². The number of rotatable bonds is 9. The van der Waals surface area contributed by atoms with Crippen LogP contribution in [0, 0.1) is 10.1 Å². The van der Waals surface area contributed by atoms with Crippen molar-refractivity contribution in [3.63, 3.8) is 0 Å². The van der Waals surface area contributed by atoms with Crippen LogP contribution in [0.4, 0.5) is 5.69 Å². The number of aromatic nitrogens is 1. The first-order valence-electron chi connectivity index (χ1n) is 8.20. The smallest absolute Gasteiger partial charge is 0.276 e. The van der Waals surface area contributed by atoms with Gasteiger partial charge in [0.05, 0.1) is 10.5 Å². The topological polar surface area (TPSA) is 85.6 Å². The fourth-order valence-electron chi connectivity index (χ4n) is 2.44. The minimum absolute atomic E-state index is 0.0309. The first kappa shape index (κ1) is 19.3. The molecule has 0 radical (unpaired) electrons. The summed E-state index contributed by atoms with van der Waals surface area (Å²) in [6.07, 6.45) is 6.91. The van der Waals surface area contributed by atoms with E-state index in [4.69, 9.17) is 4.74 Å². The molecular weight excluding hydrogens is 334 g/mol. The number of hydrogen-bond donors (Lipinski definition) is 0. The highest BCUT2D eigenvalue weighted by atomic mass is 16.6. The van der Waals surface area contributed by atoms with E-state index in [1.54, 1.807) is 42.6 Å². The number of carbonyl (C=O) groups excluding carboxylic acids is 1. The van der Waals surface area contributed by atoms with E-state index in [0.29, 0.717) is 31.7 Å². The van der Waals surface area contributed by atoms with Gasteiger partial charge in [-0.15, -0.1) is 0 Å². The van der Waals surface area contributed by atoms with E-state index in [1.165, 1.54) is 18.2 Å². The molecule has 0 spiro atoms. The molecular formula is C19H21N3O4. The maximum Gasteiger partial charge on any atom is 0.276 e. The minimum atomic E-state index is -0.461. The summed E-state index contributed by atoms with van der Waals surface area (Å²) in [4.78, 5) is 28.9. The van der Waals surface area contributed by atoms with E-state index in [2.05, 4.69) is 4.98 Å². The van der Waals surface area contributed by atoms with Crippen LogP contribution < -0.4 is 0 Å². The Kier molecular flexibility index (Phi) is 7.45. The molecule has 0 aliphatic carbocycles. The fourth-order valence-corrected chi connectivity index (χ4v) is 2.44. The summed E-state index contributed by atoms with van der Waals surface area (Å²) in [5, 5.41) is 11.1. The number of methoxy groups -OCH3 is 1. The highest BCUT2D eigenvalue weighted by Crippen LogP contribution is 2.19. The molecule has 0 unspecified atom stereocenters. The summed E-state index contributed by atoms with van der Waals surface area (Å²) in [6, 6.07) is 10.0. The van der Waals surface area contributed by atoms with E-state index >= 15 is 0 Å². The van der Waals surface area contributed by atoms with Crippen molar-refractivity contribution in [1.29, 1.82) is 0 Å². The number of pyridine rings is 1. The van der Waals surface area contributed by atoms with Gasteiger partial charge in [0, 0.05) is 51.3 Å². The molecule has 0 aliphatic heterocycles. The molecule has 7 nitrogen and oxygen atoms in total. The van der Waals surface area contributed by atoms with Crippen molar-refractivity contribution in [2.75, 3.05) is 20.3 Å². The molecule has 0 N–H and O–H groups in total. The second-order valence-corrected chi connectivity index (χ2v) is 5.61. The van der Waals surface area contributed by atoms with Crippen molar-refractivity contribution >= 4 is 17.7 Å². The Balaban J connectivity index is 2.13. The number of amides is 1. The third-order valence-corrected chi connectivity index (χ3v) is 3.75. The van der Waals surface area contributed by atoms with Gasteiger partial charge in [0.15, 0.2) is 0 Å². The average molecular weight is 355 g/mol. The van der Waals surface area contributed by atoms with Gasteiger partial charge in [-0.3, -0.25) is 19.9 Å². The molecule has 7 heteroatoms. The lowest BCUT2D eigenvalue weighted by atomic mass is 10.1. The highest BCUT2D eigenvalue weighted by Gasteiger charge is 2.13. The van der Waals surface area contributed by atoms with Crippen molar-refractivity contribution in [3.05, 3.63) is 76.1 Å². The minimum Gasteiger partial charge on any atom is -0.385 e. The van der Waals surface area contributed by atoms with Crippen LogP contribution in [0.5, 0.6) is 0 Å². The van der Waals surface area contributed by atoms with Crippen LogP contribution in [0.2, 0.25) is 0 Å². The van der Waals surface area contributed by atoms with Crippen molar-refractivity contribution < 1.29 is 14.5 Å². The summed E-state index contributed by atoms with van der Waals surface area (Å²) < 4.78 is 5.05. The number of benzene rings is 1. The Morgan fingerprint density at radius 1 is 1.27 bits per heavy atom. The Bertz CT molecular complexity index is 762. The molecule has 0 atom stereocenters. The second-order valence-electron chi connectivity index (χ2n) is 5.61. The van der Waals surface area contributed by atoms with Crippen LogP contribution in [0.25, 0.3) is 6.08 Å². The number of hydrogen-bond acceptors (Lipinski definition) is 5. The molecule has 1 amide bonds. The van der Waals surface area contributed by atoms with Crippen LogP contribution in [0.1, 0.15) is 17.5 Å². The number of nitro groups is 1. The van der Waals surface area contributed by atoms with Gasteiger partial charge < -0.3 is 9.64 Å². The van der Waals surface area contributed by atoms with Crippen molar-refractivity contribution in [2.45, 2.75) is 13.0 Å². The highest BCUT2D eigenvalue weighted by molar-refractivity contribution is 5.92. The average Bonchev–Trinajstić information content (AvgIpc) is 2.66. The number of para-hydroxylation sites is 1. The predicted molar refractivity (Wildman–Crippen MR) is 98.3 cm³/mol. The van der Waals surface area contributed by atoms with Crippen LogP contribution in [-0.2, 0) is 16.1 Å². The molecule has 0 fully saturated rings. The molecule has 0 saturated heterocycles. The monoisotopic (exact) mass is 355 g/mol. The van der Waals surface area contributed by atoms with Crippen LogP contribution in [0.3, 0.4) is 0 Å². The van der Waals surface area contributed by atoms with Gasteiger partial charge in [-0.2, -0.15) is 0 Å². The van der Waals surface area contributed by atoms with E-state index in [-0.39, 0.29) is 11.6 Å². The van der Waals surface area contributed by atoms with Gasteiger partial charge in [0.25, 0.3) is 5.69 Å². The van der Waals surface area contributed by atoms with Crippen molar-refractivity contribution in [2.24, 2.45) is 0 Å². The molecule has 0 aliphatic rings. The van der Waals surface area contributed by atoms with E-state index in [9.17, 15) is 14.9 Å². The standard InChI is InChI=1S/C19H21N3O4/c1-26-14-4-13-21(15-16-9-11-20-12-10-16)19(23)8-7-17-5-2-3-6-18(17)22(24)25/h2-3,5-12H,4,13-15H2,1H3/b8-7+. The quantitative estimate of drug-likeness (QED) is 0.299. The van der Waals surface area contributed by atoms with E-state index in [1.807, 2.05) is 12.1 Å². The second kappa shape index (κ2) is 10.0. The first-order valence-corrected chi connectivity index (χ1v) is 8.20. The molecule has 2 rings (SSSR count). The number of carbonyl (C=O) groups is 1. The number of ether oxygens (including phenoxy) is 1. The summed E-state index contributed by atoms with van der Waals surface area (Å²) in [6.45, 7) is 1.51. The summed E-state index contributed by atoms with van der Waals surface area (Å²) >= 11 is 0. The van der Waals surface area contributed by atoms with Crippen LogP contribution in [0.15, 0.2) is 54.9 Å². The molecule has 1 heterocycles. The third-order valence-electron chi connectivity index (χ3n) is 3.75. The van der Waals surface area contributed by atoms with Crippen LogP contribution >= 0.6 is 0 Å². The predicted octanol–water partition coefficient (Wildman–Crippen LogP) is 3.07. The molecule has 136 valence electrons. The first-order chi connectivity index (χ1) is 12.6. The molecule has 26 heavy (non-hydrogen) atoms. The van der Waals surface area contributed by atoms with Gasteiger partial charge in [-0.05, 0) is 36.3 Å². The largest absolute Gasteiger partial charge is 0.385 e. The summed E-state index contributed by atoms with van der Waals surface area (Å²) in [7, 11) is 1.61. The molecule has 1 aromatic carbocycles. The van der Waals surface area contributed by atoms with Crippen LogP contribution in [-0.4, -0.2) is 41.0 Å². The molecule has 0 saturated carbocycles. The molecule has 2 aromatic rings. The van der Waals surface area contributed by atoms with E-state index < -0.39 is 4.92 Å². The van der Waals surface area contributed by atoms with Crippen molar-refractivity contribution in [3.8, 4) is 0 Å². The maximum atomic E-state index is 12.6. The lowest BCUT2D eigenvalue weighted by Gasteiger charge is -2.21. The van der Waals surface area contributed by atoms with Gasteiger partial charge in [0.2, 0.25) is 5.91 Å². The third kappa shape index (κ3) is 5.78. The Morgan fingerprint density at radius 2 is 2.00 bits per heavy atom. The van der Waals surface area contributed by atoms with Crippen molar-refractivity contribution in [1.82, 2.24) is 9.88 Å². The zero-order chi connectivity index (χ0) is 18.8. The Hall–Kier alpha value is -3.06. The fraction of sp³-hybridized carbons (Fsp3) is 0.263. The lowest BCUT2D eigenvalue weighted by molar-refractivity contribution is -0.385. The van der Waals surface area contributed by atoms with Gasteiger partial charge >= 0.3 is 0 Å². The molecule has 0 bridgehead atoms. The number of nitrogens with zero attached hydrogens (tertiary/aromatic N) is 3. The number of nitro benzene ring substituents is 1. The van der Waals surface area contributed by atoms with E-state index in [0.717, 1.165) is 5.56 Å². The Labute approximate surface area is 152 Å². The summed E-state index contributed by atoms with van der Waals surface area (Å²) in [5.41, 5.74) is 1.33. The zero-order valence-electron chi connectivity index (χ0n) is 14.6. The lowest BCUT2D eigenvalue weighted by Crippen LogP contribution is -2.30. The SMILES string of the molecule is COCCCN(Cc1ccncc1)C(=O)/C=C/c1ccccc1[N+](=O)[O-]. The normalized spacial score (nSPS) is 10.8. The Morgan fingerprint density at radius 3 is 2.69 bits per heavy atom. The van der Waals surface area contributed by atoms with Gasteiger partial charge in [0.1, 0.15) is 0 Å². The summed E-state index contributed by atoms with van der Waals surface area (Å²) in [5.74, 6) is -0.212. The van der Waals surface area contributed by atoms with Gasteiger partial charge in [-0.1, -0.05) is 12.1 Å². The zero-order valence-corrected chi connectivity index (χ0v) is 14.6.